The molecule has 1 aliphatic rings. The standard InChI is InChI=1S/C16H22N2O2/c1-16(2)12-18(15(19)20)11-9-14(16)17-10-8-13-6-4-3-5-7-13/h3-7H,8-12H2,1-2H3,(H,19,20). The predicted octanol–water partition coefficient (Wildman–Crippen LogP) is 3.08. The van der Waals surface area contributed by atoms with Gasteiger partial charge in [0, 0.05) is 37.2 Å². The highest BCUT2D eigenvalue weighted by atomic mass is 16.4. The molecule has 1 aromatic rings. The number of aliphatic imine (C=N–C) groups is 1. The van der Waals surface area contributed by atoms with E-state index in [0.29, 0.717) is 13.1 Å². The van der Waals surface area contributed by atoms with Crippen LogP contribution in [0, 0.1) is 5.41 Å². The summed E-state index contributed by atoms with van der Waals surface area (Å²) in [6, 6.07) is 10.3. The fourth-order valence-corrected chi connectivity index (χ4v) is 2.65. The van der Waals surface area contributed by atoms with Crippen molar-refractivity contribution in [1.29, 1.82) is 0 Å². The Hall–Kier alpha value is -1.84. The van der Waals surface area contributed by atoms with Crippen molar-refractivity contribution < 1.29 is 9.90 Å². The fraction of sp³-hybridized carbons (Fsp3) is 0.500. The van der Waals surface area contributed by atoms with E-state index in [2.05, 4.69) is 26.0 Å². The maximum atomic E-state index is 11.0. The molecule has 0 bridgehead atoms. The molecule has 0 atom stereocenters. The lowest BCUT2D eigenvalue weighted by Gasteiger charge is -2.37. The third-order valence-electron chi connectivity index (χ3n) is 3.80. The molecule has 1 fully saturated rings. The van der Waals surface area contributed by atoms with E-state index in [1.54, 1.807) is 0 Å². The van der Waals surface area contributed by atoms with Crippen molar-refractivity contribution in [2.45, 2.75) is 26.7 Å². The van der Waals surface area contributed by atoms with Gasteiger partial charge >= 0.3 is 6.09 Å². The summed E-state index contributed by atoms with van der Waals surface area (Å²) in [5, 5.41) is 9.07. The van der Waals surface area contributed by atoms with E-state index in [-0.39, 0.29) is 5.41 Å². The second kappa shape index (κ2) is 6.07. The van der Waals surface area contributed by atoms with Gasteiger partial charge < -0.3 is 10.0 Å². The second-order valence-electron chi connectivity index (χ2n) is 5.90. The summed E-state index contributed by atoms with van der Waals surface area (Å²) in [4.78, 5) is 17.2. The van der Waals surface area contributed by atoms with E-state index in [4.69, 9.17) is 10.1 Å². The Labute approximate surface area is 120 Å². The number of hydrogen-bond donors (Lipinski definition) is 1. The lowest BCUT2D eigenvalue weighted by molar-refractivity contribution is 0.128. The molecule has 1 aliphatic heterocycles. The summed E-state index contributed by atoms with van der Waals surface area (Å²) in [5.41, 5.74) is 2.27. The van der Waals surface area contributed by atoms with Gasteiger partial charge in [-0.2, -0.15) is 0 Å². The molecule has 1 heterocycles. The first-order chi connectivity index (χ1) is 9.49. The molecular formula is C16H22N2O2. The van der Waals surface area contributed by atoms with E-state index >= 15 is 0 Å². The SMILES string of the molecule is CC1(C)CN(C(=O)O)CCC1=NCCc1ccccc1. The molecule has 0 spiro atoms. The van der Waals surface area contributed by atoms with Gasteiger partial charge in [-0.15, -0.1) is 0 Å². The number of amides is 1. The van der Waals surface area contributed by atoms with Crippen LogP contribution < -0.4 is 0 Å². The van der Waals surface area contributed by atoms with Crippen LogP contribution in [0.1, 0.15) is 25.8 Å². The highest BCUT2D eigenvalue weighted by Gasteiger charge is 2.34. The van der Waals surface area contributed by atoms with Gasteiger partial charge in [0.25, 0.3) is 0 Å². The van der Waals surface area contributed by atoms with Crippen LogP contribution in [0.25, 0.3) is 0 Å². The first-order valence-electron chi connectivity index (χ1n) is 7.04. The summed E-state index contributed by atoms with van der Waals surface area (Å²) in [7, 11) is 0. The summed E-state index contributed by atoms with van der Waals surface area (Å²) in [6.45, 7) is 6.01. The van der Waals surface area contributed by atoms with Crippen LogP contribution in [-0.4, -0.2) is 41.4 Å². The predicted molar refractivity (Wildman–Crippen MR) is 80.4 cm³/mol. The number of rotatable bonds is 3. The van der Waals surface area contributed by atoms with Crippen LogP contribution in [0.4, 0.5) is 4.79 Å². The maximum absolute atomic E-state index is 11.0. The summed E-state index contributed by atoms with van der Waals surface area (Å²) >= 11 is 0. The zero-order valence-electron chi connectivity index (χ0n) is 12.2. The quantitative estimate of drug-likeness (QED) is 0.921. The molecule has 4 nitrogen and oxygen atoms in total. The molecule has 4 heteroatoms. The smallest absolute Gasteiger partial charge is 0.407 e. The van der Waals surface area contributed by atoms with Crippen LogP contribution in [-0.2, 0) is 6.42 Å². The van der Waals surface area contributed by atoms with Gasteiger partial charge in [0.15, 0.2) is 0 Å². The molecule has 0 unspecified atom stereocenters. The third kappa shape index (κ3) is 3.59. The number of benzene rings is 1. The van der Waals surface area contributed by atoms with E-state index in [1.807, 2.05) is 18.2 Å². The molecule has 2 rings (SSSR count). The zero-order valence-corrected chi connectivity index (χ0v) is 12.2. The van der Waals surface area contributed by atoms with E-state index in [0.717, 1.165) is 25.1 Å². The molecule has 1 aromatic carbocycles. The number of carboxylic acid groups (broad SMARTS) is 1. The molecule has 0 radical (unpaired) electrons. The Balaban J connectivity index is 1.95. The highest BCUT2D eigenvalue weighted by molar-refractivity contribution is 5.91. The Bertz CT molecular complexity index is 494. The van der Waals surface area contributed by atoms with Crippen LogP contribution in [0.5, 0.6) is 0 Å². The van der Waals surface area contributed by atoms with E-state index in [1.165, 1.54) is 10.5 Å². The topological polar surface area (TPSA) is 52.9 Å². The van der Waals surface area contributed by atoms with Gasteiger partial charge in [0.1, 0.15) is 0 Å². The summed E-state index contributed by atoms with van der Waals surface area (Å²) in [6.07, 6.45) is 0.846. The Kier molecular flexibility index (Phi) is 4.42. The molecular weight excluding hydrogens is 252 g/mol. The normalized spacial score (nSPS) is 20.1. The molecule has 1 saturated heterocycles. The summed E-state index contributed by atoms with van der Waals surface area (Å²) < 4.78 is 0. The minimum absolute atomic E-state index is 0.159. The van der Waals surface area contributed by atoms with Crippen molar-refractivity contribution in [3.63, 3.8) is 0 Å². The largest absolute Gasteiger partial charge is 0.465 e. The van der Waals surface area contributed by atoms with Crippen molar-refractivity contribution in [2.75, 3.05) is 19.6 Å². The molecule has 1 amide bonds. The third-order valence-corrected chi connectivity index (χ3v) is 3.80. The van der Waals surface area contributed by atoms with Gasteiger partial charge in [-0.1, -0.05) is 44.2 Å². The van der Waals surface area contributed by atoms with Crippen LogP contribution in [0.3, 0.4) is 0 Å². The van der Waals surface area contributed by atoms with Gasteiger partial charge in [-0.05, 0) is 12.0 Å². The lowest BCUT2D eigenvalue weighted by atomic mass is 9.82. The first-order valence-corrected chi connectivity index (χ1v) is 7.04. The number of nitrogens with zero attached hydrogens (tertiary/aromatic N) is 2. The van der Waals surface area contributed by atoms with Crippen molar-refractivity contribution in [1.82, 2.24) is 4.90 Å². The number of likely N-dealkylation sites (tertiary alicyclic amines) is 1. The van der Waals surface area contributed by atoms with Crippen molar-refractivity contribution >= 4 is 11.8 Å². The zero-order chi connectivity index (χ0) is 14.6. The fourth-order valence-electron chi connectivity index (χ4n) is 2.65. The maximum Gasteiger partial charge on any atom is 0.407 e. The number of hydrogen-bond acceptors (Lipinski definition) is 2. The Morgan fingerprint density at radius 2 is 2.05 bits per heavy atom. The summed E-state index contributed by atoms with van der Waals surface area (Å²) in [5.74, 6) is 0. The van der Waals surface area contributed by atoms with Gasteiger partial charge in [-0.25, -0.2) is 4.79 Å². The van der Waals surface area contributed by atoms with Crippen molar-refractivity contribution in [3.8, 4) is 0 Å². The van der Waals surface area contributed by atoms with Crippen LogP contribution in [0.2, 0.25) is 0 Å². The average Bonchev–Trinajstić information content (AvgIpc) is 2.41. The molecule has 0 aliphatic carbocycles. The molecule has 1 N–H and O–H groups in total. The van der Waals surface area contributed by atoms with E-state index < -0.39 is 6.09 Å². The van der Waals surface area contributed by atoms with Crippen LogP contribution in [0.15, 0.2) is 35.3 Å². The van der Waals surface area contributed by atoms with Crippen molar-refractivity contribution in [3.05, 3.63) is 35.9 Å². The van der Waals surface area contributed by atoms with Gasteiger partial charge in [0.05, 0.1) is 0 Å². The Morgan fingerprint density at radius 3 is 2.65 bits per heavy atom. The second-order valence-corrected chi connectivity index (χ2v) is 5.90. The van der Waals surface area contributed by atoms with E-state index in [9.17, 15) is 4.79 Å². The Morgan fingerprint density at radius 1 is 1.35 bits per heavy atom. The van der Waals surface area contributed by atoms with Gasteiger partial charge in [0.2, 0.25) is 0 Å². The van der Waals surface area contributed by atoms with Gasteiger partial charge in [-0.3, -0.25) is 4.99 Å². The lowest BCUT2D eigenvalue weighted by Crippen LogP contribution is -2.48. The monoisotopic (exact) mass is 274 g/mol. The molecule has 20 heavy (non-hydrogen) atoms. The molecule has 0 aromatic heterocycles. The highest BCUT2D eigenvalue weighted by Crippen LogP contribution is 2.26. The number of carbonyl (C=O) groups is 1. The average molecular weight is 274 g/mol. The minimum atomic E-state index is -0.832. The minimum Gasteiger partial charge on any atom is -0.465 e. The molecule has 0 saturated carbocycles. The van der Waals surface area contributed by atoms with Crippen molar-refractivity contribution in [2.24, 2.45) is 10.4 Å². The molecule has 108 valence electrons. The first kappa shape index (κ1) is 14.6. The number of piperidine rings is 1. The van der Waals surface area contributed by atoms with Crippen LogP contribution >= 0.6 is 0 Å².